The lowest BCUT2D eigenvalue weighted by molar-refractivity contribution is 0.0713. The second-order valence-corrected chi connectivity index (χ2v) is 9.97. The van der Waals surface area contributed by atoms with Crippen molar-refractivity contribution in [3.63, 3.8) is 0 Å². The number of rotatable bonds is 5. The number of pyridine rings is 1. The first kappa shape index (κ1) is 24.7. The van der Waals surface area contributed by atoms with Crippen LogP contribution in [0, 0.1) is 25.5 Å². The lowest BCUT2D eigenvalue weighted by Gasteiger charge is -2.33. The third-order valence-electron chi connectivity index (χ3n) is 6.33. The average Bonchev–Trinajstić information content (AvgIpc) is 2.82. The first-order chi connectivity index (χ1) is 16.6. The Morgan fingerprint density at radius 1 is 1.09 bits per heavy atom. The van der Waals surface area contributed by atoms with Gasteiger partial charge in [0.1, 0.15) is 11.6 Å². The molecule has 1 aliphatic heterocycles. The summed E-state index contributed by atoms with van der Waals surface area (Å²) in [5.41, 5.74) is 1.56. The van der Waals surface area contributed by atoms with Gasteiger partial charge in [0.2, 0.25) is 0 Å². The predicted octanol–water partition coefficient (Wildman–Crippen LogP) is 4.99. The maximum Gasteiger partial charge on any atom is 0.312 e. The number of nitrogens with one attached hydrogen (secondary N) is 1. The molecule has 0 unspecified atom stereocenters. The quantitative estimate of drug-likeness (QED) is 0.478. The Morgan fingerprint density at radius 3 is 2.37 bits per heavy atom. The summed E-state index contributed by atoms with van der Waals surface area (Å²) in [4.78, 5) is 18.9. The highest BCUT2D eigenvalue weighted by Crippen LogP contribution is 2.33. The monoisotopic (exact) mass is 501 g/mol. The molecule has 4 rings (SSSR count). The van der Waals surface area contributed by atoms with E-state index in [2.05, 4.69) is 10.3 Å². The van der Waals surface area contributed by atoms with Crippen LogP contribution in [0.5, 0.6) is 0 Å². The molecule has 1 fully saturated rings. The van der Waals surface area contributed by atoms with Gasteiger partial charge in [-0.3, -0.25) is 9.35 Å². The van der Waals surface area contributed by atoms with Gasteiger partial charge in [-0.05, 0) is 61.9 Å². The van der Waals surface area contributed by atoms with E-state index in [0.717, 1.165) is 11.8 Å². The van der Waals surface area contributed by atoms with Crippen LogP contribution in [0.15, 0.2) is 53.7 Å². The molecule has 1 amide bonds. The molecule has 1 saturated heterocycles. The van der Waals surface area contributed by atoms with E-state index in [9.17, 15) is 26.5 Å². The minimum atomic E-state index is -4.67. The first-order valence-electron chi connectivity index (χ1n) is 11.1. The molecular formula is C25H25F2N3O4S. The zero-order chi connectivity index (χ0) is 25.3. The number of anilines is 2. The van der Waals surface area contributed by atoms with Crippen molar-refractivity contribution in [3.8, 4) is 0 Å². The van der Waals surface area contributed by atoms with E-state index in [4.69, 9.17) is 0 Å². The van der Waals surface area contributed by atoms with Crippen molar-refractivity contribution < 1.29 is 26.5 Å². The van der Waals surface area contributed by atoms with Crippen molar-refractivity contribution in [1.29, 1.82) is 0 Å². The molecule has 2 N–H and O–H groups in total. The van der Waals surface area contributed by atoms with Gasteiger partial charge < -0.3 is 10.2 Å². The summed E-state index contributed by atoms with van der Waals surface area (Å²) in [7, 11) is -4.67. The normalized spacial score (nSPS) is 14.7. The zero-order valence-corrected chi connectivity index (χ0v) is 20.1. The SMILES string of the molecule is Cc1cccc(Nc2c(C(=O)N3CCC(c4ccc(F)cc4)CC3)cnc(S(=O)(=O)O)c2C)c1F. The molecule has 3 aromatic rings. The van der Waals surface area contributed by atoms with Crippen LogP contribution < -0.4 is 5.32 Å². The van der Waals surface area contributed by atoms with Crippen LogP contribution in [0.1, 0.15) is 45.8 Å². The largest absolute Gasteiger partial charge is 0.352 e. The van der Waals surface area contributed by atoms with E-state index in [1.165, 1.54) is 25.1 Å². The van der Waals surface area contributed by atoms with E-state index in [1.54, 1.807) is 36.1 Å². The number of carbonyl (C=O) groups is 1. The molecule has 2 aromatic carbocycles. The van der Waals surface area contributed by atoms with Gasteiger partial charge in [-0.25, -0.2) is 13.8 Å². The van der Waals surface area contributed by atoms with Crippen LogP contribution in [0.3, 0.4) is 0 Å². The molecule has 0 aliphatic carbocycles. The van der Waals surface area contributed by atoms with Gasteiger partial charge in [0, 0.05) is 24.8 Å². The Hall–Kier alpha value is -3.37. The Morgan fingerprint density at radius 2 is 1.74 bits per heavy atom. The van der Waals surface area contributed by atoms with Crippen LogP contribution in [-0.4, -0.2) is 41.9 Å². The lowest BCUT2D eigenvalue weighted by Crippen LogP contribution is -2.38. The number of aromatic nitrogens is 1. The molecule has 0 saturated carbocycles. The highest BCUT2D eigenvalue weighted by Gasteiger charge is 2.29. The van der Waals surface area contributed by atoms with Crippen molar-refractivity contribution in [1.82, 2.24) is 9.88 Å². The summed E-state index contributed by atoms with van der Waals surface area (Å²) in [5, 5.41) is 2.24. The lowest BCUT2D eigenvalue weighted by atomic mass is 9.89. The summed E-state index contributed by atoms with van der Waals surface area (Å²) in [5.74, 6) is -1.06. The number of amides is 1. The smallest absolute Gasteiger partial charge is 0.312 e. The summed E-state index contributed by atoms with van der Waals surface area (Å²) < 4.78 is 61.2. The van der Waals surface area contributed by atoms with Crippen molar-refractivity contribution in [2.24, 2.45) is 0 Å². The Labute approximate surface area is 202 Å². The number of hydrogen-bond acceptors (Lipinski definition) is 5. The third-order valence-corrected chi connectivity index (χ3v) is 7.23. The fourth-order valence-corrected chi connectivity index (χ4v) is 5.05. The molecule has 1 aromatic heterocycles. The number of halogens is 2. The number of nitrogens with zero attached hydrogens (tertiary/aromatic N) is 2. The minimum absolute atomic E-state index is 0.000421. The van der Waals surface area contributed by atoms with Gasteiger partial charge >= 0.3 is 10.1 Å². The molecule has 0 spiro atoms. The van der Waals surface area contributed by atoms with E-state index in [-0.39, 0.29) is 34.2 Å². The van der Waals surface area contributed by atoms with Crippen LogP contribution in [0.2, 0.25) is 0 Å². The Kier molecular flexibility index (Phi) is 6.86. The highest BCUT2D eigenvalue weighted by molar-refractivity contribution is 7.85. The molecule has 10 heteroatoms. The number of benzene rings is 2. The molecular weight excluding hydrogens is 476 g/mol. The predicted molar refractivity (Wildman–Crippen MR) is 127 cm³/mol. The van der Waals surface area contributed by atoms with Crippen molar-refractivity contribution in [2.75, 3.05) is 18.4 Å². The minimum Gasteiger partial charge on any atom is -0.352 e. The van der Waals surface area contributed by atoms with Gasteiger partial charge in [0.05, 0.1) is 16.9 Å². The summed E-state index contributed by atoms with van der Waals surface area (Å²) >= 11 is 0. The fourth-order valence-electron chi connectivity index (χ4n) is 4.38. The molecule has 0 radical (unpaired) electrons. The standard InChI is InChI=1S/C25H25F2N3O4S/c1-15-4-3-5-21(22(15)27)29-23-16(2)24(35(32,33)34)28-14-20(23)25(31)30-12-10-18(11-13-30)17-6-8-19(26)9-7-17/h3-9,14,18H,10-13H2,1-2H3,(H,28,29)(H,32,33,34). The van der Waals surface area contributed by atoms with E-state index in [1.807, 2.05) is 0 Å². The molecule has 184 valence electrons. The molecule has 0 atom stereocenters. The fraction of sp³-hybridized carbons (Fsp3) is 0.280. The molecule has 2 heterocycles. The highest BCUT2D eigenvalue weighted by atomic mass is 32.2. The van der Waals surface area contributed by atoms with Gasteiger partial charge in [-0.15, -0.1) is 0 Å². The molecule has 0 bridgehead atoms. The van der Waals surface area contributed by atoms with Gasteiger partial charge in [0.25, 0.3) is 5.91 Å². The third kappa shape index (κ3) is 5.18. The van der Waals surface area contributed by atoms with Crippen molar-refractivity contribution in [2.45, 2.75) is 37.6 Å². The Balaban J connectivity index is 1.64. The number of piperidine rings is 1. The first-order valence-corrected chi connectivity index (χ1v) is 12.5. The summed E-state index contributed by atoms with van der Waals surface area (Å²) in [6.07, 6.45) is 2.42. The van der Waals surface area contributed by atoms with Crippen molar-refractivity contribution >= 4 is 27.4 Å². The topological polar surface area (TPSA) is 99.6 Å². The van der Waals surface area contributed by atoms with Crippen LogP contribution >= 0.6 is 0 Å². The second kappa shape index (κ2) is 9.71. The second-order valence-electron chi connectivity index (χ2n) is 8.63. The van der Waals surface area contributed by atoms with Gasteiger partial charge in [0.15, 0.2) is 5.03 Å². The number of hydrogen-bond donors (Lipinski definition) is 2. The number of aryl methyl sites for hydroxylation is 1. The van der Waals surface area contributed by atoms with E-state index in [0.29, 0.717) is 31.5 Å². The maximum atomic E-state index is 14.7. The molecule has 35 heavy (non-hydrogen) atoms. The summed E-state index contributed by atoms with van der Waals surface area (Å²) in [6, 6.07) is 11.0. The molecule has 7 nitrogen and oxygen atoms in total. The Bertz CT molecular complexity index is 1370. The van der Waals surface area contributed by atoms with E-state index < -0.39 is 26.9 Å². The summed E-state index contributed by atoms with van der Waals surface area (Å²) in [6.45, 7) is 3.83. The molecule has 1 aliphatic rings. The van der Waals surface area contributed by atoms with Crippen LogP contribution in [0.25, 0.3) is 0 Å². The number of likely N-dealkylation sites (tertiary alicyclic amines) is 1. The van der Waals surface area contributed by atoms with E-state index >= 15 is 0 Å². The maximum absolute atomic E-state index is 14.7. The van der Waals surface area contributed by atoms with Gasteiger partial charge in [-0.1, -0.05) is 24.3 Å². The van der Waals surface area contributed by atoms with Crippen LogP contribution in [-0.2, 0) is 10.1 Å². The average molecular weight is 502 g/mol. The number of carbonyl (C=O) groups excluding carboxylic acids is 1. The van der Waals surface area contributed by atoms with Crippen LogP contribution in [0.4, 0.5) is 20.2 Å². The zero-order valence-electron chi connectivity index (χ0n) is 19.3. The van der Waals surface area contributed by atoms with Crippen molar-refractivity contribution in [3.05, 3.63) is 82.5 Å². The van der Waals surface area contributed by atoms with Gasteiger partial charge in [-0.2, -0.15) is 8.42 Å².